The Morgan fingerprint density at radius 1 is 0.971 bits per heavy atom. The molecule has 184 valence electrons. The fraction of sp³-hybridized carbons (Fsp3) is 0.375. The van der Waals surface area contributed by atoms with Crippen molar-refractivity contribution in [3.63, 3.8) is 0 Å². The standard InChI is InChI=1S/C24H28N6O4S/c1-28-21-8-7-17(35(32,33)30-11-13-34-14-12-30)15-19(21)27-22(28)9-10-24(31)25-16-23-26-18-5-3-4-6-20(18)29(23)2/h3-8,15H,9-14,16H2,1-2H3,(H,25,31). The van der Waals surface area contributed by atoms with Crippen LogP contribution in [0, 0.1) is 0 Å². The van der Waals surface area contributed by atoms with Crippen LogP contribution in [0.4, 0.5) is 0 Å². The molecule has 1 N–H and O–H groups in total. The van der Waals surface area contributed by atoms with Crippen LogP contribution in [-0.2, 0) is 46.6 Å². The van der Waals surface area contributed by atoms with E-state index in [9.17, 15) is 13.2 Å². The van der Waals surface area contributed by atoms with Crippen molar-refractivity contribution in [2.75, 3.05) is 26.3 Å². The predicted molar refractivity (Wildman–Crippen MR) is 131 cm³/mol. The molecule has 4 aromatic rings. The van der Waals surface area contributed by atoms with Crippen LogP contribution < -0.4 is 5.32 Å². The Balaban J connectivity index is 1.25. The molecule has 11 heteroatoms. The van der Waals surface area contributed by atoms with Gasteiger partial charge in [0.05, 0.1) is 46.7 Å². The summed E-state index contributed by atoms with van der Waals surface area (Å²) in [6, 6.07) is 12.8. The first-order valence-corrected chi connectivity index (χ1v) is 13.0. The molecule has 10 nitrogen and oxygen atoms in total. The summed E-state index contributed by atoms with van der Waals surface area (Å²) in [4.78, 5) is 21.9. The molecule has 2 aromatic carbocycles. The van der Waals surface area contributed by atoms with Gasteiger partial charge in [0.15, 0.2) is 0 Å². The molecule has 1 amide bonds. The largest absolute Gasteiger partial charge is 0.379 e. The van der Waals surface area contributed by atoms with Crippen molar-refractivity contribution in [2.45, 2.75) is 24.3 Å². The van der Waals surface area contributed by atoms with Crippen molar-refractivity contribution in [3.05, 3.63) is 54.1 Å². The second kappa shape index (κ2) is 9.40. The highest BCUT2D eigenvalue weighted by molar-refractivity contribution is 7.89. The molecule has 0 atom stereocenters. The number of ether oxygens (including phenoxy) is 1. The van der Waals surface area contributed by atoms with Gasteiger partial charge in [0.1, 0.15) is 11.6 Å². The number of rotatable bonds is 7. The van der Waals surface area contributed by atoms with E-state index in [4.69, 9.17) is 4.74 Å². The van der Waals surface area contributed by atoms with Gasteiger partial charge in [-0.1, -0.05) is 12.1 Å². The summed E-state index contributed by atoms with van der Waals surface area (Å²) in [5.74, 6) is 1.41. The van der Waals surface area contributed by atoms with Crippen molar-refractivity contribution in [1.82, 2.24) is 28.7 Å². The number of morpholine rings is 1. The Morgan fingerprint density at radius 2 is 1.66 bits per heavy atom. The summed E-state index contributed by atoms with van der Waals surface area (Å²) < 4.78 is 36.6. The maximum Gasteiger partial charge on any atom is 0.243 e. The monoisotopic (exact) mass is 496 g/mol. The van der Waals surface area contributed by atoms with Crippen LogP contribution in [0.15, 0.2) is 47.4 Å². The van der Waals surface area contributed by atoms with E-state index in [0.717, 1.165) is 28.2 Å². The first-order valence-electron chi connectivity index (χ1n) is 11.5. The highest BCUT2D eigenvalue weighted by Crippen LogP contribution is 2.23. The second-order valence-corrected chi connectivity index (χ2v) is 10.5. The highest BCUT2D eigenvalue weighted by Gasteiger charge is 2.27. The molecule has 1 aliphatic heterocycles. The lowest BCUT2D eigenvalue weighted by Crippen LogP contribution is -2.40. The maximum absolute atomic E-state index is 13.0. The van der Waals surface area contributed by atoms with E-state index < -0.39 is 10.0 Å². The maximum atomic E-state index is 13.0. The Morgan fingerprint density at radius 3 is 2.43 bits per heavy atom. The zero-order valence-electron chi connectivity index (χ0n) is 19.8. The second-order valence-electron chi connectivity index (χ2n) is 8.61. The Labute approximate surface area is 203 Å². The number of nitrogens with zero attached hydrogens (tertiary/aromatic N) is 5. The number of benzene rings is 2. The van der Waals surface area contributed by atoms with Gasteiger partial charge >= 0.3 is 0 Å². The summed E-state index contributed by atoms with van der Waals surface area (Å²) in [5.41, 5.74) is 3.33. The first-order chi connectivity index (χ1) is 16.8. The van der Waals surface area contributed by atoms with Gasteiger partial charge in [-0.3, -0.25) is 4.79 Å². The summed E-state index contributed by atoms with van der Waals surface area (Å²) >= 11 is 0. The van der Waals surface area contributed by atoms with E-state index in [-0.39, 0.29) is 17.2 Å². The lowest BCUT2D eigenvalue weighted by molar-refractivity contribution is -0.121. The molecule has 3 heterocycles. The van der Waals surface area contributed by atoms with Crippen LogP contribution in [0.2, 0.25) is 0 Å². The van der Waals surface area contributed by atoms with E-state index in [2.05, 4.69) is 15.3 Å². The Hall–Kier alpha value is -3.28. The fourth-order valence-electron chi connectivity index (χ4n) is 4.39. The van der Waals surface area contributed by atoms with Crippen LogP contribution in [0.5, 0.6) is 0 Å². The molecule has 5 rings (SSSR count). The predicted octanol–water partition coefficient (Wildman–Crippen LogP) is 1.73. The molecule has 0 radical (unpaired) electrons. The van der Waals surface area contributed by atoms with Gasteiger partial charge in [0.25, 0.3) is 0 Å². The molecular formula is C24H28N6O4S. The average molecular weight is 497 g/mol. The molecule has 0 spiro atoms. The number of nitrogens with one attached hydrogen (secondary N) is 1. The number of aryl methyl sites for hydroxylation is 3. The van der Waals surface area contributed by atoms with Gasteiger partial charge in [-0.15, -0.1) is 0 Å². The van der Waals surface area contributed by atoms with Gasteiger partial charge in [-0.05, 0) is 30.3 Å². The molecule has 0 aliphatic carbocycles. The third-order valence-electron chi connectivity index (χ3n) is 6.45. The van der Waals surface area contributed by atoms with Crippen LogP contribution in [0.25, 0.3) is 22.1 Å². The van der Waals surface area contributed by atoms with Crippen molar-refractivity contribution < 1.29 is 17.9 Å². The van der Waals surface area contributed by atoms with E-state index in [1.165, 1.54) is 4.31 Å². The number of amides is 1. The fourth-order valence-corrected chi connectivity index (χ4v) is 5.82. The number of carbonyl (C=O) groups excluding carboxylic acids is 1. The number of imidazole rings is 2. The molecule has 0 saturated carbocycles. The summed E-state index contributed by atoms with van der Waals surface area (Å²) in [7, 11) is 0.210. The van der Waals surface area contributed by atoms with E-state index in [0.29, 0.717) is 44.8 Å². The lowest BCUT2D eigenvalue weighted by atomic mass is 10.3. The molecule has 0 unspecified atom stereocenters. The van der Waals surface area contributed by atoms with Gasteiger partial charge in [-0.2, -0.15) is 4.31 Å². The molecule has 1 fully saturated rings. The van der Waals surface area contributed by atoms with Crippen molar-refractivity contribution in [2.24, 2.45) is 14.1 Å². The number of fused-ring (bicyclic) bond motifs is 2. The van der Waals surface area contributed by atoms with E-state index in [1.54, 1.807) is 18.2 Å². The Kier molecular flexibility index (Phi) is 6.30. The third-order valence-corrected chi connectivity index (χ3v) is 8.35. The molecule has 1 aliphatic rings. The Bertz CT molecular complexity index is 1500. The topological polar surface area (TPSA) is 111 Å². The van der Waals surface area contributed by atoms with Gasteiger partial charge in [-0.25, -0.2) is 18.4 Å². The smallest absolute Gasteiger partial charge is 0.243 e. The van der Waals surface area contributed by atoms with Crippen molar-refractivity contribution in [3.8, 4) is 0 Å². The zero-order chi connectivity index (χ0) is 24.6. The minimum absolute atomic E-state index is 0.0975. The molecule has 2 aromatic heterocycles. The lowest BCUT2D eigenvalue weighted by Gasteiger charge is -2.26. The first kappa shape index (κ1) is 23.5. The third kappa shape index (κ3) is 4.54. The molecule has 1 saturated heterocycles. The van der Waals surface area contributed by atoms with Gasteiger partial charge in [0, 0.05) is 40.0 Å². The van der Waals surface area contributed by atoms with Crippen LogP contribution in [0.1, 0.15) is 18.1 Å². The zero-order valence-corrected chi connectivity index (χ0v) is 20.6. The number of aromatic nitrogens is 4. The minimum Gasteiger partial charge on any atom is -0.379 e. The normalized spacial score (nSPS) is 15.1. The minimum atomic E-state index is -3.60. The molecular weight excluding hydrogens is 468 g/mol. The van der Waals surface area contributed by atoms with E-state index >= 15 is 0 Å². The van der Waals surface area contributed by atoms with E-state index in [1.807, 2.05) is 47.5 Å². The van der Waals surface area contributed by atoms with Crippen LogP contribution in [0.3, 0.4) is 0 Å². The summed E-state index contributed by atoms with van der Waals surface area (Å²) in [5, 5.41) is 2.94. The number of hydrogen-bond acceptors (Lipinski definition) is 6. The number of carbonyl (C=O) groups is 1. The summed E-state index contributed by atoms with van der Waals surface area (Å²) in [6.07, 6.45) is 0.700. The van der Waals surface area contributed by atoms with Crippen LogP contribution in [-0.4, -0.2) is 64.0 Å². The van der Waals surface area contributed by atoms with Crippen molar-refractivity contribution >= 4 is 38.0 Å². The SMILES string of the molecule is Cn1c(CCC(=O)NCc2nc3ccccc3n2C)nc2cc(S(=O)(=O)N3CCOCC3)ccc21. The number of hydrogen-bond donors (Lipinski definition) is 1. The van der Waals surface area contributed by atoms with Gasteiger partial charge < -0.3 is 19.2 Å². The number of para-hydroxylation sites is 2. The summed E-state index contributed by atoms with van der Waals surface area (Å²) in [6.45, 7) is 1.82. The van der Waals surface area contributed by atoms with Gasteiger partial charge in [0.2, 0.25) is 15.9 Å². The highest BCUT2D eigenvalue weighted by atomic mass is 32.2. The number of sulfonamides is 1. The quantitative estimate of drug-likeness (QED) is 0.417. The van der Waals surface area contributed by atoms with Crippen LogP contribution >= 0.6 is 0 Å². The van der Waals surface area contributed by atoms with Crippen molar-refractivity contribution in [1.29, 1.82) is 0 Å². The molecule has 0 bridgehead atoms. The average Bonchev–Trinajstić information content (AvgIpc) is 3.37. The molecule has 35 heavy (non-hydrogen) atoms.